The highest BCUT2D eigenvalue weighted by molar-refractivity contribution is 5.95. The zero-order valence-electron chi connectivity index (χ0n) is 22.2. The predicted molar refractivity (Wildman–Crippen MR) is 131 cm³/mol. The number of ketones is 1. The van der Waals surface area contributed by atoms with Gasteiger partial charge in [0.1, 0.15) is 0 Å². The number of fused-ring (bicyclic) bond motifs is 5. The van der Waals surface area contributed by atoms with Gasteiger partial charge in [0, 0.05) is 17.8 Å². The fourth-order valence-corrected chi connectivity index (χ4v) is 8.37. The quantitative estimate of drug-likeness (QED) is 0.344. The summed E-state index contributed by atoms with van der Waals surface area (Å²) in [6.07, 6.45) is 1.32. The van der Waals surface area contributed by atoms with Crippen molar-refractivity contribution < 1.29 is 35.4 Å². The SMILES string of the molecule is CC(C)[C@](C)(O)C[C@@H](O)[C@](C)(O)C1CC[C@@]2(O)C3=CC(=O)C4C[C@@H](O)[C@@H](O)C[C@]4(C)C3CC[C@]12C. The van der Waals surface area contributed by atoms with E-state index in [9.17, 15) is 35.4 Å². The van der Waals surface area contributed by atoms with Crippen LogP contribution in [0.5, 0.6) is 0 Å². The van der Waals surface area contributed by atoms with Crippen molar-refractivity contribution in [2.24, 2.45) is 34.5 Å². The molecule has 6 N–H and O–H groups in total. The molecule has 3 fully saturated rings. The zero-order valence-corrected chi connectivity index (χ0v) is 22.2. The lowest BCUT2D eigenvalue weighted by Crippen LogP contribution is -2.63. The third kappa shape index (κ3) is 3.79. The molecule has 0 amide bonds. The highest BCUT2D eigenvalue weighted by atomic mass is 16.3. The van der Waals surface area contributed by atoms with Crippen molar-refractivity contribution in [3.63, 3.8) is 0 Å². The molecule has 3 saturated carbocycles. The number of aliphatic hydroxyl groups is 6. The summed E-state index contributed by atoms with van der Waals surface area (Å²) in [7, 11) is 0. The average Bonchev–Trinajstić information content (AvgIpc) is 3.02. The Morgan fingerprint density at radius 3 is 2.29 bits per heavy atom. The minimum absolute atomic E-state index is 0.0203. The first-order chi connectivity index (χ1) is 15.9. The monoisotopic (exact) mass is 494 g/mol. The molecule has 0 aromatic carbocycles. The zero-order chi connectivity index (χ0) is 26.4. The number of rotatable bonds is 5. The van der Waals surface area contributed by atoms with E-state index in [-0.39, 0.29) is 36.4 Å². The Bertz CT molecular complexity index is 894. The van der Waals surface area contributed by atoms with Gasteiger partial charge in [-0.2, -0.15) is 0 Å². The molecule has 4 aliphatic rings. The third-order valence-electron chi connectivity index (χ3n) is 11.3. The number of carbonyl (C=O) groups is 1. The van der Waals surface area contributed by atoms with Crippen molar-refractivity contribution in [2.75, 3.05) is 0 Å². The number of allylic oxidation sites excluding steroid dienone is 1. The molecule has 0 aromatic rings. The molecule has 7 heteroatoms. The van der Waals surface area contributed by atoms with E-state index in [1.165, 1.54) is 0 Å². The van der Waals surface area contributed by atoms with Gasteiger partial charge in [0.25, 0.3) is 0 Å². The summed E-state index contributed by atoms with van der Waals surface area (Å²) < 4.78 is 0. The van der Waals surface area contributed by atoms with E-state index in [0.717, 1.165) is 0 Å². The first-order valence-electron chi connectivity index (χ1n) is 13.4. The Morgan fingerprint density at radius 1 is 1.06 bits per heavy atom. The van der Waals surface area contributed by atoms with Crippen molar-refractivity contribution in [3.05, 3.63) is 11.6 Å². The van der Waals surface area contributed by atoms with Gasteiger partial charge in [-0.05, 0) is 87.2 Å². The van der Waals surface area contributed by atoms with Crippen LogP contribution in [-0.2, 0) is 4.79 Å². The lowest BCUT2D eigenvalue weighted by Gasteiger charge is -2.60. The average molecular weight is 495 g/mol. The van der Waals surface area contributed by atoms with Crippen molar-refractivity contribution in [2.45, 2.75) is 122 Å². The Kier molecular flexibility index (Phi) is 6.48. The summed E-state index contributed by atoms with van der Waals surface area (Å²) >= 11 is 0. The minimum atomic E-state index is -1.54. The summed E-state index contributed by atoms with van der Waals surface area (Å²) in [4.78, 5) is 13.3. The summed E-state index contributed by atoms with van der Waals surface area (Å²) in [5, 5.41) is 66.6. The van der Waals surface area contributed by atoms with Gasteiger partial charge in [0.2, 0.25) is 0 Å². The van der Waals surface area contributed by atoms with Crippen LogP contribution in [0.2, 0.25) is 0 Å². The summed E-state index contributed by atoms with van der Waals surface area (Å²) in [6.45, 7) is 11.0. The highest BCUT2D eigenvalue weighted by Gasteiger charge is 2.69. The van der Waals surface area contributed by atoms with Crippen LogP contribution < -0.4 is 0 Å². The van der Waals surface area contributed by atoms with E-state index < -0.39 is 51.9 Å². The lowest BCUT2D eigenvalue weighted by molar-refractivity contribution is -0.184. The molecule has 35 heavy (non-hydrogen) atoms. The molecule has 0 bridgehead atoms. The smallest absolute Gasteiger partial charge is 0.159 e. The van der Waals surface area contributed by atoms with Gasteiger partial charge < -0.3 is 30.6 Å². The first kappa shape index (κ1) is 27.2. The van der Waals surface area contributed by atoms with Gasteiger partial charge in [-0.1, -0.05) is 27.7 Å². The van der Waals surface area contributed by atoms with Crippen LogP contribution in [0.4, 0.5) is 0 Å². The van der Waals surface area contributed by atoms with Crippen LogP contribution in [0, 0.1) is 34.5 Å². The van der Waals surface area contributed by atoms with Crippen LogP contribution in [0.15, 0.2) is 11.6 Å². The number of hydrogen-bond acceptors (Lipinski definition) is 7. The van der Waals surface area contributed by atoms with E-state index in [1.807, 2.05) is 27.7 Å². The molecule has 0 aromatic heterocycles. The maximum Gasteiger partial charge on any atom is 0.159 e. The maximum atomic E-state index is 13.3. The molecule has 0 saturated heterocycles. The fraction of sp³-hybridized carbons (Fsp3) is 0.893. The standard InChI is InChI=1S/C28H46O7/c1-15(2)26(5,33)14-23(32)27(6,34)22-8-10-28(35)17-11-19(29)18-12-20(30)21(31)13-24(18,3)16(17)7-9-25(22,28)4/h11,15-16,18,20-23,30-35H,7-10,12-14H2,1-6H3/t16?,18?,20-,21+,22?,23-,24-,25-,26-,27-,28-/m1/s1. The minimum Gasteiger partial charge on any atom is -0.390 e. The van der Waals surface area contributed by atoms with E-state index in [4.69, 9.17) is 0 Å². The largest absolute Gasteiger partial charge is 0.390 e. The molecular formula is C28H46O7. The van der Waals surface area contributed by atoms with Gasteiger partial charge in [0.05, 0.1) is 35.1 Å². The molecule has 200 valence electrons. The van der Waals surface area contributed by atoms with Gasteiger partial charge >= 0.3 is 0 Å². The molecule has 0 heterocycles. The van der Waals surface area contributed by atoms with Crippen LogP contribution in [0.25, 0.3) is 0 Å². The van der Waals surface area contributed by atoms with Crippen LogP contribution >= 0.6 is 0 Å². The van der Waals surface area contributed by atoms with E-state index >= 15 is 0 Å². The molecule has 0 spiro atoms. The van der Waals surface area contributed by atoms with Gasteiger partial charge in [-0.3, -0.25) is 4.79 Å². The predicted octanol–water partition coefficient (Wildman–Crippen LogP) is 2.10. The summed E-state index contributed by atoms with van der Waals surface area (Å²) in [5.41, 5.74) is -4.62. The molecule has 0 radical (unpaired) electrons. The number of carbonyl (C=O) groups excluding carboxylic acids is 1. The van der Waals surface area contributed by atoms with Gasteiger partial charge in [-0.25, -0.2) is 0 Å². The Balaban J connectivity index is 1.68. The van der Waals surface area contributed by atoms with Crippen LogP contribution in [-0.4, -0.2) is 71.5 Å². The first-order valence-corrected chi connectivity index (χ1v) is 13.4. The summed E-state index contributed by atoms with van der Waals surface area (Å²) in [5.74, 6) is -1.12. The third-order valence-corrected chi connectivity index (χ3v) is 11.3. The molecule has 3 unspecified atom stereocenters. The topological polar surface area (TPSA) is 138 Å². The van der Waals surface area contributed by atoms with Crippen molar-refractivity contribution in [3.8, 4) is 0 Å². The van der Waals surface area contributed by atoms with Crippen molar-refractivity contribution in [1.29, 1.82) is 0 Å². The maximum absolute atomic E-state index is 13.3. The summed E-state index contributed by atoms with van der Waals surface area (Å²) in [6, 6.07) is 0. The second-order valence-electron chi connectivity index (χ2n) is 13.6. The molecule has 0 aliphatic heterocycles. The lowest BCUT2D eigenvalue weighted by atomic mass is 9.45. The van der Waals surface area contributed by atoms with Crippen LogP contribution in [0.1, 0.15) is 86.5 Å². The molecule has 4 aliphatic carbocycles. The second kappa shape index (κ2) is 8.34. The molecule has 7 nitrogen and oxygen atoms in total. The van der Waals surface area contributed by atoms with Gasteiger partial charge in [-0.15, -0.1) is 0 Å². The number of hydrogen-bond donors (Lipinski definition) is 6. The number of aliphatic hydroxyl groups excluding tert-OH is 3. The fourth-order valence-electron chi connectivity index (χ4n) is 8.37. The van der Waals surface area contributed by atoms with Crippen molar-refractivity contribution >= 4 is 5.78 Å². The Morgan fingerprint density at radius 2 is 1.69 bits per heavy atom. The second-order valence-corrected chi connectivity index (χ2v) is 13.6. The normalized spacial score (nSPS) is 47.7. The van der Waals surface area contributed by atoms with Crippen LogP contribution in [0.3, 0.4) is 0 Å². The highest BCUT2D eigenvalue weighted by Crippen LogP contribution is 2.68. The Labute approximate surface area is 209 Å². The van der Waals surface area contributed by atoms with Crippen molar-refractivity contribution in [1.82, 2.24) is 0 Å². The van der Waals surface area contributed by atoms with E-state index in [1.54, 1.807) is 19.9 Å². The molecule has 11 atom stereocenters. The molecule has 4 rings (SSSR count). The Hall–Kier alpha value is -0.830. The van der Waals surface area contributed by atoms with E-state index in [0.29, 0.717) is 37.7 Å². The van der Waals surface area contributed by atoms with E-state index in [2.05, 4.69) is 0 Å². The molecular weight excluding hydrogens is 448 g/mol. The van der Waals surface area contributed by atoms with Gasteiger partial charge in [0.15, 0.2) is 5.78 Å².